The lowest BCUT2D eigenvalue weighted by Gasteiger charge is -2.40. The summed E-state index contributed by atoms with van der Waals surface area (Å²) in [4.78, 5) is 32.7. The van der Waals surface area contributed by atoms with Gasteiger partial charge in [0.1, 0.15) is 23.6 Å². The molecule has 210 valence electrons. The van der Waals surface area contributed by atoms with Crippen LogP contribution in [-0.4, -0.2) is 69.8 Å². The third-order valence-electron chi connectivity index (χ3n) is 8.18. The van der Waals surface area contributed by atoms with E-state index in [1.54, 1.807) is 23.0 Å². The Morgan fingerprint density at radius 1 is 1.10 bits per heavy atom. The summed E-state index contributed by atoms with van der Waals surface area (Å²) in [7, 11) is 1.84. The van der Waals surface area contributed by atoms with E-state index in [4.69, 9.17) is 4.74 Å². The minimum Gasteiger partial charge on any atom is -0.475 e. The van der Waals surface area contributed by atoms with Crippen LogP contribution in [0.1, 0.15) is 38.5 Å². The zero-order valence-corrected chi connectivity index (χ0v) is 22.3. The Morgan fingerprint density at radius 3 is 2.50 bits per heavy atom. The van der Waals surface area contributed by atoms with E-state index in [2.05, 4.69) is 15.2 Å². The van der Waals surface area contributed by atoms with Crippen LogP contribution < -0.4 is 10.3 Å². The number of aromatic nitrogens is 6. The van der Waals surface area contributed by atoms with Crippen LogP contribution in [0.2, 0.25) is 0 Å². The molecule has 3 aromatic heterocycles. The fourth-order valence-electron chi connectivity index (χ4n) is 5.79. The van der Waals surface area contributed by atoms with Crippen molar-refractivity contribution in [3.8, 4) is 11.6 Å². The van der Waals surface area contributed by atoms with Crippen molar-refractivity contribution in [1.29, 1.82) is 0 Å². The summed E-state index contributed by atoms with van der Waals surface area (Å²) in [5, 5.41) is 20.0. The number of piperidine rings is 1. The highest BCUT2D eigenvalue weighted by molar-refractivity contribution is 5.79. The van der Waals surface area contributed by atoms with Gasteiger partial charge in [-0.25, -0.2) is 18.7 Å². The van der Waals surface area contributed by atoms with Crippen LogP contribution in [0.15, 0.2) is 53.8 Å². The van der Waals surface area contributed by atoms with Crippen LogP contribution in [0, 0.1) is 11.7 Å². The number of fused-ring (bicyclic) bond motifs is 1. The van der Waals surface area contributed by atoms with Gasteiger partial charge >= 0.3 is 0 Å². The van der Waals surface area contributed by atoms with Gasteiger partial charge in [-0.1, -0.05) is 0 Å². The minimum absolute atomic E-state index is 0.0375. The van der Waals surface area contributed by atoms with Gasteiger partial charge in [0.05, 0.1) is 30.2 Å². The Balaban J connectivity index is 1.05. The lowest BCUT2D eigenvalue weighted by Crippen LogP contribution is -2.51. The zero-order valence-electron chi connectivity index (χ0n) is 22.3. The molecule has 12 heteroatoms. The molecular weight excluding hydrogens is 517 g/mol. The highest BCUT2D eigenvalue weighted by atomic mass is 19.1. The van der Waals surface area contributed by atoms with E-state index in [0.29, 0.717) is 42.7 Å². The van der Waals surface area contributed by atoms with E-state index < -0.39 is 5.60 Å². The maximum absolute atomic E-state index is 13.3. The number of amides is 1. The van der Waals surface area contributed by atoms with Crippen molar-refractivity contribution in [2.24, 2.45) is 13.0 Å². The molecule has 0 unspecified atom stereocenters. The SMILES string of the molecule is Cn1nccc1OC1CCC(C(=O)N2CCC(O)(Cn3cnc4c(cnn4-c4ccc(F)cc4)c3=O)CC2)CC1. The number of likely N-dealkylation sites (tertiary alicyclic amines) is 1. The fourth-order valence-corrected chi connectivity index (χ4v) is 5.79. The normalized spacial score (nSPS) is 21.0. The van der Waals surface area contributed by atoms with Crippen molar-refractivity contribution >= 4 is 16.9 Å². The standard InChI is InChI=1S/C28H32FN7O4/c1-33-24(10-13-31-33)40-22-8-2-19(3-9-22)26(37)34-14-11-28(39,12-15-34)17-35-18-30-25-23(27(35)38)16-32-36(25)21-6-4-20(29)5-7-21/h4-7,10,13,16,18-19,22,39H,2-3,8-9,11-12,14-15,17H2,1H3. The van der Waals surface area contributed by atoms with E-state index in [1.807, 2.05) is 18.0 Å². The molecule has 0 bridgehead atoms. The number of ether oxygens (including phenoxy) is 1. The summed E-state index contributed by atoms with van der Waals surface area (Å²) in [5.74, 6) is 0.467. The van der Waals surface area contributed by atoms with E-state index in [0.717, 1.165) is 31.6 Å². The molecule has 1 aromatic carbocycles. The Bertz CT molecular complexity index is 1560. The number of hydrogen-bond acceptors (Lipinski definition) is 7. The lowest BCUT2D eigenvalue weighted by molar-refractivity contribution is -0.141. The zero-order chi connectivity index (χ0) is 27.9. The molecule has 1 aliphatic heterocycles. The second-order valence-electron chi connectivity index (χ2n) is 10.9. The van der Waals surface area contributed by atoms with Crippen LogP contribution >= 0.6 is 0 Å². The number of rotatable bonds is 6. The van der Waals surface area contributed by atoms with Gasteiger partial charge in [0.15, 0.2) is 5.65 Å². The maximum Gasteiger partial charge on any atom is 0.264 e. The van der Waals surface area contributed by atoms with E-state index in [1.165, 1.54) is 33.9 Å². The molecule has 40 heavy (non-hydrogen) atoms. The van der Waals surface area contributed by atoms with E-state index >= 15 is 0 Å². The summed E-state index contributed by atoms with van der Waals surface area (Å²) in [6.45, 7) is 0.955. The molecule has 2 fully saturated rings. The van der Waals surface area contributed by atoms with Gasteiger partial charge in [-0.05, 0) is 62.8 Å². The van der Waals surface area contributed by atoms with Crippen LogP contribution in [0.5, 0.6) is 5.88 Å². The lowest BCUT2D eigenvalue weighted by atomic mass is 9.85. The van der Waals surface area contributed by atoms with Crippen molar-refractivity contribution < 1.29 is 19.0 Å². The monoisotopic (exact) mass is 549 g/mol. The van der Waals surface area contributed by atoms with Crippen molar-refractivity contribution in [1.82, 2.24) is 34.0 Å². The number of aryl methyl sites for hydroxylation is 1. The Labute approximate surface area is 229 Å². The molecule has 6 rings (SSSR count). The molecular formula is C28H32FN7O4. The third-order valence-corrected chi connectivity index (χ3v) is 8.18. The van der Waals surface area contributed by atoms with Crippen molar-refractivity contribution in [2.75, 3.05) is 13.1 Å². The van der Waals surface area contributed by atoms with Crippen LogP contribution in [0.25, 0.3) is 16.7 Å². The molecule has 2 aliphatic rings. The summed E-state index contributed by atoms with van der Waals surface area (Å²) in [5.41, 5.74) is -0.486. The van der Waals surface area contributed by atoms with E-state index in [-0.39, 0.29) is 35.9 Å². The average molecular weight is 550 g/mol. The molecule has 11 nitrogen and oxygen atoms in total. The highest BCUT2D eigenvalue weighted by Crippen LogP contribution is 2.31. The first-order valence-corrected chi connectivity index (χ1v) is 13.6. The summed E-state index contributed by atoms with van der Waals surface area (Å²) in [6, 6.07) is 7.61. The number of aliphatic hydroxyl groups is 1. The van der Waals surface area contributed by atoms with Gasteiger partial charge in [-0.2, -0.15) is 10.2 Å². The molecule has 1 amide bonds. The largest absolute Gasteiger partial charge is 0.475 e. The van der Waals surface area contributed by atoms with E-state index in [9.17, 15) is 19.1 Å². The number of benzene rings is 1. The second-order valence-corrected chi connectivity index (χ2v) is 10.9. The highest BCUT2D eigenvalue weighted by Gasteiger charge is 2.37. The quantitative estimate of drug-likeness (QED) is 0.392. The van der Waals surface area contributed by atoms with Gasteiger partial charge in [0.2, 0.25) is 11.8 Å². The topological polar surface area (TPSA) is 120 Å². The van der Waals surface area contributed by atoms with Crippen molar-refractivity contribution in [2.45, 2.75) is 56.8 Å². The molecule has 4 aromatic rings. The molecule has 1 aliphatic carbocycles. The van der Waals surface area contributed by atoms with Gasteiger partial charge < -0.3 is 14.7 Å². The first-order valence-electron chi connectivity index (χ1n) is 13.6. The van der Waals surface area contributed by atoms with Gasteiger partial charge in [-0.15, -0.1) is 0 Å². The number of nitrogens with zero attached hydrogens (tertiary/aromatic N) is 7. The molecule has 0 spiro atoms. The predicted octanol–water partition coefficient (Wildman–Crippen LogP) is 2.45. The number of hydrogen-bond donors (Lipinski definition) is 1. The maximum atomic E-state index is 13.3. The minimum atomic E-state index is -1.13. The van der Waals surface area contributed by atoms with Gasteiger partial charge in [0.25, 0.3) is 5.56 Å². The number of halogens is 1. The Morgan fingerprint density at radius 2 is 1.82 bits per heavy atom. The van der Waals surface area contributed by atoms with Crippen LogP contribution in [0.3, 0.4) is 0 Å². The first kappa shape index (κ1) is 26.2. The fraction of sp³-hybridized carbons (Fsp3) is 0.464. The molecule has 0 atom stereocenters. The third kappa shape index (κ3) is 5.10. The Kier molecular flexibility index (Phi) is 6.87. The molecule has 1 N–H and O–H groups in total. The second kappa shape index (κ2) is 10.5. The Hall–Kier alpha value is -4.06. The van der Waals surface area contributed by atoms with Gasteiger partial charge in [0, 0.05) is 32.1 Å². The van der Waals surface area contributed by atoms with Crippen LogP contribution in [-0.2, 0) is 18.4 Å². The molecule has 0 radical (unpaired) electrons. The predicted molar refractivity (Wildman–Crippen MR) is 143 cm³/mol. The number of carbonyl (C=O) groups is 1. The summed E-state index contributed by atoms with van der Waals surface area (Å²) >= 11 is 0. The van der Waals surface area contributed by atoms with Crippen molar-refractivity contribution in [3.63, 3.8) is 0 Å². The smallest absolute Gasteiger partial charge is 0.264 e. The average Bonchev–Trinajstić information content (AvgIpc) is 3.57. The molecule has 1 saturated heterocycles. The number of carbonyl (C=O) groups excluding carboxylic acids is 1. The van der Waals surface area contributed by atoms with Crippen LogP contribution in [0.4, 0.5) is 4.39 Å². The van der Waals surface area contributed by atoms with Crippen molar-refractivity contribution in [3.05, 3.63) is 65.2 Å². The molecule has 1 saturated carbocycles. The summed E-state index contributed by atoms with van der Waals surface area (Å²) in [6.07, 6.45) is 8.55. The molecule has 4 heterocycles. The first-order chi connectivity index (χ1) is 19.3. The summed E-state index contributed by atoms with van der Waals surface area (Å²) < 4.78 is 23.9. The van der Waals surface area contributed by atoms with Gasteiger partial charge in [-0.3, -0.25) is 14.2 Å².